The van der Waals surface area contributed by atoms with Crippen LogP contribution in [0, 0.1) is 0 Å². The van der Waals surface area contributed by atoms with Crippen molar-refractivity contribution in [2.45, 2.75) is 38.4 Å². The third-order valence-electron chi connectivity index (χ3n) is 5.37. The molecule has 0 aliphatic carbocycles. The van der Waals surface area contributed by atoms with E-state index in [2.05, 4.69) is 45.9 Å². The fourth-order valence-electron chi connectivity index (χ4n) is 3.72. The summed E-state index contributed by atoms with van der Waals surface area (Å²) >= 11 is 0. The number of benzene rings is 2. The van der Waals surface area contributed by atoms with Crippen molar-refractivity contribution in [2.24, 2.45) is 0 Å². The molecule has 1 aliphatic rings. The first-order valence-corrected chi connectivity index (χ1v) is 10.3. The normalized spacial score (nSPS) is 16.0. The van der Waals surface area contributed by atoms with E-state index < -0.39 is 5.97 Å². The standard InChI is InChI=1S/C23H31N3O2/c27-23(28)21-12-10-20(11-13-21)18-25-22(26-16-14-24-15-17-26)9-5-4-8-19-6-2-1-3-7-19/h1-3,6-7,10-13,22,24-25H,4-5,8-9,14-18H2,(H,27,28). The Labute approximate surface area is 167 Å². The Balaban J connectivity index is 1.50. The van der Waals surface area contributed by atoms with E-state index in [0.717, 1.165) is 51.1 Å². The molecule has 5 heteroatoms. The van der Waals surface area contributed by atoms with E-state index in [0.29, 0.717) is 11.7 Å². The number of aryl methyl sites for hydroxylation is 1. The lowest BCUT2D eigenvalue weighted by molar-refractivity contribution is 0.0697. The molecule has 1 aliphatic heterocycles. The van der Waals surface area contributed by atoms with Gasteiger partial charge in [-0.3, -0.25) is 10.2 Å². The molecule has 1 fully saturated rings. The zero-order chi connectivity index (χ0) is 19.6. The summed E-state index contributed by atoms with van der Waals surface area (Å²) in [7, 11) is 0. The third kappa shape index (κ3) is 6.44. The van der Waals surface area contributed by atoms with Crippen molar-refractivity contribution in [3.8, 4) is 0 Å². The first-order chi connectivity index (χ1) is 13.7. The summed E-state index contributed by atoms with van der Waals surface area (Å²) in [6, 6.07) is 17.8. The molecule has 0 radical (unpaired) electrons. The van der Waals surface area contributed by atoms with Gasteiger partial charge in [0.05, 0.1) is 11.7 Å². The van der Waals surface area contributed by atoms with Crippen molar-refractivity contribution in [1.29, 1.82) is 0 Å². The van der Waals surface area contributed by atoms with Gasteiger partial charge in [0.25, 0.3) is 0 Å². The summed E-state index contributed by atoms with van der Waals surface area (Å²) in [4.78, 5) is 13.5. The quantitative estimate of drug-likeness (QED) is 0.552. The zero-order valence-corrected chi connectivity index (χ0v) is 16.4. The molecule has 1 unspecified atom stereocenters. The summed E-state index contributed by atoms with van der Waals surface area (Å²) < 4.78 is 0. The Bertz CT molecular complexity index is 712. The lowest BCUT2D eigenvalue weighted by Crippen LogP contribution is -2.53. The minimum absolute atomic E-state index is 0.336. The molecule has 0 amide bonds. The van der Waals surface area contributed by atoms with Gasteiger partial charge in [-0.05, 0) is 42.5 Å². The summed E-state index contributed by atoms with van der Waals surface area (Å²) in [5.41, 5.74) is 2.87. The van der Waals surface area contributed by atoms with Crippen molar-refractivity contribution >= 4 is 5.97 Å². The summed E-state index contributed by atoms with van der Waals surface area (Å²) in [6.07, 6.45) is 5.00. The number of nitrogens with one attached hydrogen (secondary N) is 2. The Morgan fingerprint density at radius 2 is 1.71 bits per heavy atom. The predicted molar refractivity (Wildman–Crippen MR) is 112 cm³/mol. The van der Waals surface area contributed by atoms with Crippen molar-refractivity contribution in [1.82, 2.24) is 15.5 Å². The number of unbranched alkanes of at least 4 members (excludes halogenated alkanes) is 1. The van der Waals surface area contributed by atoms with E-state index in [1.54, 1.807) is 12.1 Å². The summed E-state index contributed by atoms with van der Waals surface area (Å²) in [5, 5.41) is 16.2. The average Bonchev–Trinajstić information content (AvgIpc) is 2.75. The minimum atomic E-state index is -0.878. The predicted octanol–water partition coefficient (Wildman–Crippen LogP) is 3.12. The van der Waals surface area contributed by atoms with Crippen LogP contribution in [-0.2, 0) is 13.0 Å². The van der Waals surface area contributed by atoms with Gasteiger partial charge >= 0.3 is 5.97 Å². The van der Waals surface area contributed by atoms with Gasteiger partial charge in [0.15, 0.2) is 0 Å². The summed E-state index contributed by atoms with van der Waals surface area (Å²) in [6.45, 7) is 4.96. The molecule has 0 bridgehead atoms. The number of carboxylic acids is 1. The van der Waals surface area contributed by atoms with Crippen LogP contribution >= 0.6 is 0 Å². The molecule has 1 saturated heterocycles. The highest BCUT2D eigenvalue weighted by atomic mass is 16.4. The maximum atomic E-state index is 11.0. The van der Waals surface area contributed by atoms with Gasteiger partial charge in [0.2, 0.25) is 0 Å². The zero-order valence-electron chi connectivity index (χ0n) is 16.4. The van der Waals surface area contributed by atoms with Crippen LogP contribution in [0.4, 0.5) is 0 Å². The number of rotatable bonds is 10. The van der Waals surface area contributed by atoms with E-state index in [1.807, 2.05) is 12.1 Å². The van der Waals surface area contributed by atoms with E-state index in [-0.39, 0.29) is 0 Å². The van der Waals surface area contributed by atoms with E-state index in [1.165, 1.54) is 18.4 Å². The molecule has 3 rings (SSSR count). The monoisotopic (exact) mass is 381 g/mol. The molecule has 1 heterocycles. The number of nitrogens with zero attached hydrogens (tertiary/aromatic N) is 1. The van der Waals surface area contributed by atoms with E-state index in [4.69, 9.17) is 5.11 Å². The Kier molecular flexibility index (Phi) is 8.03. The topological polar surface area (TPSA) is 64.6 Å². The molecule has 5 nitrogen and oxygen atoms in total. The molecule has 0 spiro atoms. The van der Waals surface area contributed by atoms with Crippen molar-refractivity contribution in [2.75, 3.05) is 26.2 Å². The Morgan fingerprint density at radius 3 is 2.39 bits per heavy atom. The first kappa shape index (κ1) is 20.5. The molecular weight excluding hydrogens is 350 g/mol. The molecule has 1 atom stereocenters. The molecule has 0 saturated carbocycles. The van der Waals surface area contributed by atoms with Crippen molar-refractivity contribution in [3.05, 3.63) is 71.3 Å². The molecule has 2 aromatic carbocycles. The van der Waals surface area contributed by atoms with Gasteiger partial charge in [-0.1, -0.05) is 48.9 Å². The lowest BCUT2D eigenvalue weighted by Gasteiger charge is -2.35. The fourth-order valence-corrected chi connectivity index (χ4v) is 3.72. The largest absolute Gasteiger partial charge is 0.478 e. The van der Waals surface area contributed by atoms with Crippen LogP contribution in [-0.4, -0.2) is 48.3 Å². The van der Waals surface area contributed by atoms with Crippen LogP contribution in [0.3, 0.4) is 0 Å². The van der Waals surface area contributed by atoms with Gasteiger partial charge in [-0.2, -0.15) is 0 Å². The minimum Gasteiger partial charge on any atom is -0.478 e. The molecule has 150 valence electrons. The molecular formula is C23H31N3O2. The number of carbonyl (C=O) groups is 1. The first-order valence-electron chi connectivity index (χ1n) is 10.3. The van der Waals surface area contributed by atoms with E-state index >= 15 is 0 Å². The second-order valence-electron chi connectivity index (χ2n) is 7.42. The molecule has 2 aromatic rings. The van der Waals surface area contributed by atoms with Crippen molar-refractivity contribution in [3.63, 3.8) is 0 Å². The Morgan fingerprint density at radius 1 is 1.00 bits per heavy atom. The number of hydrogen-bond donors (Lipinski definition) is 3. The number of piperazine rings is 1. The van der Waals surface area contributed by atoms with Crippen LogP contribution < -0.4 is 10.6 Å². The van der Waals surface area contributed by atoms with Gasteiger partial charge in [-0.15, -0.1) is 0 Å². The highest BCUT2D eigenvalue weighted by molar-refractivity contribution is 5.87. The average molecular weight is 382 g/mol. The number of aromatic carboxylic acids is 1. The number of hydrogen-bond acceptors (Lipinski definition) is 4. The van der Waals surface area contributed by atoms with Gasteiger partial charge in [0.1, 0.15) is 0 Å². The van der Waals surface area contributed by atoms with E-state index in [9.17, 15) is 4.79 Å². The molecule has 0 aromatic heterocycles. The highest BCUT2D eigenvalue weighted by Crippen LogP contribution is 2.12. The Hall–Kier alpha value is -2.21. The second-order valence-corrected chi connectivity index (χ2v) is 7.42. The third-order valence-corrected chi connectivity index (χ3v) is 5.37. The van der Waals surface area contributed by atoms with Crippen LogP contribution in [0.25, 0.3) is 0 Å². The highest BCUT2D eigenvalue weighted by Gasteiger charge is 2.19. The van der Waals surface area contributed by atoms with Gasteiger partial charge in [0, 0.05) is 32.7 Å². The smallest absolute Gasteiger partial charge is 0.335 e. The van der Waals surface area contributed by atoms with Crippen molar-refractivity contribution < 1.29 is 9.90 Å². The van der Waals surface area contributed by atoms with Crippen LogP contribution in [0.1, 0.15) is 40.7 Å². The second kappa shape index (κ2) is 11.0. The van der Waals surface area contributed by atoms with Crippen LogP contribution in [0.2, 0.25) is 0 Å². The van der Waals surface area contributed by atoms with Crippen LogP contribution in [0.5, 0.6) is 0 Å². The SMILES string of the molecule is O=C(O)c1ccc(CNC(CCCCc2ccccc2)N2CCNCC2)cc1. The fraction of sp³-hybridized carbons (Fsp3) is 0.435. The molecule has 28 heavy (non-hydrogen) atoms. The summed E-state index contributed by atoms with van der Waals surface area (Å²) in [5.74, 6) is -0.878. The number of carboxylic acid groups (broad SMARTS) is 1. The van der Waals surface area contributed by atoms with Gasteiger partial charge in [-0.25, -0.2) is 4.79 Å². The lowest BCUT2D eigenvalue weighted by atomic mass is 10.1. The van der Waals surface area contributed by atoms with Gasteiger partial charge < -0.3 is 10.4 Å². The maximum absolute atomic E-state index is 11.0. The maximum Gasteiger partial charge on any atom is 0.335 e. The molecule has 3 N–H and O–H groups in total. The van der Waals surface area contributed by atoms with Crippen LogP contribution in [0.15, 0.2) is 54.6 Å².